The minimum atomic E-state index is -1.05. The van der Waals surface area contributed by atoms with Crippen LogP contribution in [-0.2, 0) is 15.3 Å². The van der Waals surface area contributed by atoms with Gasteiger partial charge in [0.1, 0.15) is 11.6 Å². The molecular formula is C18H17F2NO3S. The molecule has 0 radical (unpaired) electrons. The van der Waals surface area contributed by atoms with Crippen molar-refractivity contribution in [2.45, 2.75) is 12.7 Å². The number of thioether (sulfide) groups is 1. The Hall–Kier alpha value is -2.41. The summed E-state index contributed by atoms with van der Waals surface area (Å²) in [6, 6.07) is 9.37. The van der Waals surface area contributed by atoms with E-state index in [2.05, 4.69) is 10.1 Å². The smallest absolute Gasteiger partial charge is 0.340 e. The minimum Gasteiger partial charge on any atom is -0.465 e. The van der Waals surface area contributed by atoms with Gasteiger partial charge in [-0.1, -0.05) is 29.8 Å². The fourth-order valence-corrected chi connectivity index (χ4v) is 2.94. The summed E-state index contributed by atoms with van der Waals surface area (Å²) < 4.78 is 31.8. The number of anilines is 1. The number of carbonyl (C=O) groups is 2. The molecule has 0 fully saturated rings. The fraction of sp³-hybridized carbons (Fsp3) is 0.222. The lowest BCUT2D eigenvalue weighted by atomic mass is 10.1. The van der Waals surface area contributed by atoms with Gasteiger partial charge in [-0.25, -0.2) is 13.6 Å². The number of halogens is 2. The molecule has 0 heterocycles. The van der Waals surface area contributed by atoms with Crippen LogP contribution in [0.1, 0.15) is 21.5 Å². The Morgan fingerprint density at radius 1 is 1.16 bits per heavy atom. The van der Waals surface area contributed by atoms with Gasteiger partial charge < -0.3 is 10.1 Å². The Morgan fingerprint density at radius 2 is 1.92 bits per heavy atom. The molecule has 0 aliphatic rings. The Labute approximate surface area is 148 Å². The first kappa shape index (κ1) is 18.9. The zero-order valence-electron chi connectivity index (χ0n) is 13.8. The van der Waals surface area contributed by atoms with Gasteiger partial charge in [0.05, 0.1) is 24.1 Å². The Balaban J connectivity index is 1.97. The molecule has 0 aromatic heterocycles. The number of benzene rings is 2. The van der Waals surface area contributed by atoms with Gasteiger partial charge in [-0.05, 0) is 18.6 Å². The lowest BCUT2D eigenvalue weighted by Crippen LogP contribution is -2.16. The first-order chi connectivity index (χ1) is 11.9. The monoisotopic (exact) mass is 365 g/mol. The summed E-state index contributed by atoms with van der Waals surface area (Å²) in [5.74, 6) is -2.66. The normalized spacial score (nSPS) is 10.4. The highest BCUT2D eigenvalue weighted by molar-refractivity contribution is 7.99. The fourth-order valence-electron chi connectivity index (χ4n) is 2.16. The zero-order chi connectivity index (χ0) is 18.4. The second-order valence-electron chi connectivity index (χ2n) is 5.33. The third kappa shape index (κ3) is 5.29. The number of rotatable bonds is 6. The number of nitrogens with one attached hydrogen (secondary N) is 1. The van der Waals surface area contributed by atoms with Gasteiger partial charge in [-0.15, -0.1) is 11.8 Å². The molecule has 0 bridgehead atoms. The molecule has 0 unspecified atom stereocenters. The molecule has 25 heavy (non-hydrogen) atoms. The van der Waals surface area contributed by atoms with Gasteiger partial charge in [0.15, 0.2) is 0 Å². The third-order valence-electron chi connectivity index (χ3n) is 3.32. The Kier molecular flexibility index (Phi) is 6.52. The van der Waals surface area contributed by atoms with E-state index in [0.29, 0.717) is 11.8 Å². The van der Waals surface area contributed by atoms with E-state index in [1.807, 2.05) is 31.2 Å². The second-order valence-corrected chi connectivity index (χ2v) is 6.32. The lowest BCUT2D eigenvalue weighted by molar-refractivity contribution is -0.113. The van der Waals surface area contributed by atoms with Gasteiger partial charge >= 0.3 is 5.97 Å². The number of methoxy groups -OCH3 is 1. The van der Waals surface area contributed by atoms with Gasteiger partial charge in [-0.2, -0.15) is 0 Å². The third-order valence-corrected chi connectivity index (χ3v) is 4.32. The van der Waals surface area contributed by atoms with Crippen LogP contribution in [0.2, 0.25) is 0 Å². The van der Waals surface area contributed by atoms with Crippen LogP contribution in [0.3, 0.4) is 0 Å². The van der Waals surface area contributed by atoms with Crippen LogP contribution in [0.25, 0.3) is 0 Å². The molecule has 1 amide bonds. The predicted octanol–water partition coefficient (Wildman–Crippen LogP) is 3.93. The average Bonchev–Trinajstić information content (AvgIpc) is 2.56. The highest BCUT2D eigenvalue weighted by Gasteiger charge is 2.17. The number of hydrogen-bond donors (Lipinski definition) is 1. The van der Waals surface area contributed by atoms with Crippen molar-refractivity contribution in [3.8, 4) is 0 Å². The predicted molar refractivity (Wildman–Crippen MR) is 93.7 cm³/mol. The average molecular weight is 365 g/mol. The molecular weight excluding hydrogens is 348 g/mol. The van der Waals surface area contributed by atoms with Crippen molar-refractivity contribution in [1.82, 2.24) is 0 Å². The van der Waals surface area contributed by atoms with Gasteiger partial charge in [-0.3, -0.25) is 4.79 Å². The number of hydrogen-bond acceptors (Lipinski definition) is 4. The van der Waals surface area contributed by atoms with E-state index in [1.54, 1.807) is 0 Å². The second kappa shape index (κ2) is 8.62. The highest BCUT2D eigenvalue weighted by Crippen LogP contribution is 2.21. The van der Waals surface area contributed by atoms with Crippen LogP contribution in [0.5, 0.6) is 0 Å². The summed E-state index contributed by atoms with van der Waals surface area (Å²) in [6.07, 6.45) is 0. The van der Waals surface area contributed by atoms with Crippen LogP contribution < -0.4 is 5.32 Å². The van der Waals surface area contributed by atoms with E-state index in [0.717, 1.165) is 24.3 Å². The van der Waals surface area contributed by atoms with Gasteiger partial charge in [0.2, 0.25) is 5.91 Å². The number of aryl methyl sites for hydroxylation is 1. The first-order valence-electron chi connectivity index (χ1n) is 7.41. The van der Waals surface area contributed by atoms with Crippen molar-refractivity contribution in [2.75, 3.05) is 18.2 Å². The van der Waals surface area contributed by atoms with Crippen molar-refractivity contribution < 1.29 is 23.1 Å². The van der Waals surface area contributed by atoms with E-state index in [4.69, 9.17) is 0 Å². The quantitative estimate of drug-likeness (QED) is 0.788. The summed E-state index contributed by atoms with van der Waals surface area (Å²) in [5, 5.41) is 2.35. The van der Waals surface area contributed by atoms with E-state index in [9.17, 15) is 18.4 Å². The minimum absolute atomic E-state index is 0.0956. The molecule has 4 nitrogen and oxygen atoms in total. The molecule has 132 valence electrons. The standard InChI is InChI=1S/C18H17F2NO3S/c1-11-4-3-5-12(6-11)9-25-10-17(22)21-16-7-13(18(23)24-2)14(19)8-15(16)20/h3-8H,9-10H2,1-2H3,(H,21,22). The van der Waals surface area contributed by atoms with Crippen LogP contribution in [-0.4, -0.2) is 24.7 Å². The molecule has 7 heteroatoms. The SMILES string of the molecule is COC(=O)c1cc(NC(=O)CSCc2cccc(C)c2)c(F)cc1F. The molecule has 2 aromatic rings. The summed E-state index contributed by atoms with van der Waals surface area (Å²) in [4.78, 5) is 23.4. The maximum absolute atomic E-state index is 13.8. The molecule has 0 saturated heterocycles. The molecule has 1 N–H and O–H groups in total. The molecule has 0 aliphatic carbocycles. The molecule has 0 aliphatic heterocycles. The topological polar surface area (TPSA) is 55.4 Å². The summed E-state index contributed by atoms with van der Waals surface area (Å²) in [7, 11) is 1.09. The Morgan fingerprint density at radius 3 is 2.60 bits per heavy atom. The molecule has 2 rings (SSSR count). The number of carbonyl (C=O) groups excluding carboxylic acids is 2. The van der Waals surface area contributed by atoms with Crippen molar-refractivity contribution in [1.29, 1.82) is 0 Å². The van der Waals surface area contributed by atoms with E-state index in [-0.39, 0.29) is 11.4 Å². The Bertz CT molecular complexity index is 796. The first-order valence-corrected chi connectivity index (χ1v) is 8.56. The zero-order valence-corrected chi connectivity index (χ0v) is 14.6. The maximum Gasteiger partial charge on any atom is 0.340 e. The lowest BCUT2D eigenvalue weighted by Gasteiger charge is -2.09. The van der Waals surface area contributed by atoms with Crippen LogP contribution in [0, 0.1) is 18.6 Å². The van der Waals surface area contributed by atoms with Crippen LogP contribution >= 0.6 is 11.8 Å². The van der Waals surface area contributed by atoms with Crippen molar-refractivity contribution in [3.05, 3.63) is 64.7 Å². The van der Waals surface area contributed by atoms with Gasteiger partial charge in [0, 0.05) is 11.8 Å². The number of ether oxygens (including phenoxy) is 1. The van der Waals surface area contributed by atoms with E-state index in [1.165, 1.54) is 11.8 Å². The van der Waals surface area contributed by atoms with Gasteiger partial charge in [0.25, 0.3) is 0 Å². The highest BCUT2D eigenvalue weighted by atomic mass is 32.2. The number of amides is 1. The molecule has 0 atom stereocenters. The van der Waals surface area contributed by atoms with Crippen molar-refractivity contribution >= 4 is 29.3 Å². The van der Waals surface area contributed by atoms with Crippen molar-refractivity contribution in [2.24, 2.45) is 0 Å². The maximum atomic E-state index is 13.8. The van der Waals surface area contributed by atoms with Crippen LogP contribution in [0.15, 0.2) is 36.4 Å². The molecule has 2 aromatic carbocycles. The molecule has 0 saturated carbocycles. The summed E-state index contributed by atoms with van der Waals surface area (Å²) in [6.45, 7) is 1.98. The van der Waals surface area contributed by atoms with E-state index < -0.39 is 29.1 Å². The summed E-state index contributed by atoms with van der Waals surface area (Å²) >= 11 is 1.37. The van der Waals surface area contributed by atoms with E-state index >= 15 is 0 Å². The number of esters is 1. The molecule has 0 spiro atoms. The van der Waals surface area contributed by atoms with Crippen LogP contribution in [0.4, 0.5) is 14.5 Å². The summed E-state index contributed by atoms with van der Waals surface area (Å²) in [5.41, 5.74) is 1.51. The van der Waals surface area contributed by atoms with Crippen molar-refractivity contribution in [3.63, 3.8) is 0 Å². The largest absolute Gasteiger partial charge is 0.465 e.